The van der Waals surface area contributed by atoms with Gasteiger partial charge in [0.15, 0.2) is 0 Å². The van der Waals surface area contributed by atoms with Crippen molar-refractivity contribution < 1.29 is 27.5 Å². The summed E-state index contributed by atoms with van der Waals surface area (Å²) in [4.78, 5) is 34.0. The Morgan fingerprint density at radius 2 is 1.79 bits per heavy atom. The molecule has 0 spiro atoms. The number of nitrogens with one attached hydrogen (secondary N) is 3. The van der Waals surface area contributed by atoms with Crippen LogP contribution >= 0.6 is 11.3 Å². The molecule has 3 aromatic rings. The van der Waals surface area contributed by atoms with E-state index in [2.05, 4.69) is 25.3 Å². The number of amides is 2. The van der Waals surface area contributed by atoms with E-state index < -0.39 is 27.7 Å². The molecule has 2 heterocycles. The van der Waals surface area contributed by atoms with Crippen LogP contribution < -0.4 is 15.4 Å². The maximum absolute atomic E-state index is 13.6. The number of nitrogens with zero attached hydrogens (tertiary/aromatic N) is 2. The number of carbonyl (C=O) groups excluding carboxylic acids is 2. The maximum Gasteiger partial charge on any atom is 0.412 e. The van der Waals surface area contributed by atoms with E-state index in [-0.39, 0.29) is 35.3 Å². The van der Waals surface area contributed by atoms with Crippen LogP contribution in [0, 0.1) is 0 Å². The predicted octanol–water partition coefficient (Wildman–Crippen LogP) is 6.19. The number of ether oxygens (including phenoxy) is 2. The largest absolute Gasteiger partial charge is 0.447 e. The fraction of sp³-hybridized carbons (Fsp3) is 0.467. The lowest BCUT2D eigenvalue weighted by Crippen LogP contribution is -2.40. The van der Waals surface area contributed by atoms with Gasteiger partial charge >= 0.3 is 12.2 Å². The van der Waals surface area contributed by atoms with E-state index in [1.54, 1.807) is 63.5 Å². The van der Waals surface area contributed by atoms with Gasteiger partial charge in [0.05, 0.1) is 26.6 Å². The zero-order valence-corrected chi connectivity index (χ0v) is 26.7. The van der Waals surface area contributed by atoms with E-state index in [1.165, 1.54) is 17.4 Å². The normalized spacial score (nSPS) is 17.3. The molecule has 1 aliphatic rings. The molecule has 0 saturated heterocycles. The summed E-state index contributed by atoms with van der Waals surface area (Å²) in [6.45, 7) is 8.90. The monoisotopic (exact) mass is 629 g/mol. The SMILES string of the molecule is CC(C)OC(=O)NC1CCC(c2ncc(-c3ccc(NC(=O)OCc4ccccn4)cc3S(=O)(=O)NC(C)(C)C)s2)CC1. The lowest BCUT2D eigenvalue weighted by atomic mass is 9.86. The molecule has 1 aliphatic carbocycles. The molecule has 232 valence electrons. The number of aromatic nitrogens is 2. The van der Waals surface area contributed by atoms with Gasteiger partial charge in [-0.2, -0.15) is 0 Å². The average molecular weight is 630 g/mol. The Bertz CT molecular complexity index is 1510. The van der Waals surface area contributed by atoms with Gasteiger partial charge in [-0.1, -0.05) is 12.1 Å². The summed E-state index contributed by atoms with van der Waals surface area (Å²) in [7, 11) is -3.98. The summed E-state index contributed by atoms with van der Waals surface area (Å²) in [5, 5.41) is 6.48. The highest BCUT2D eigenvalue weighted by atomic mass is 32.2. The number of carbonyl (C=O) groups is 2. The van der Waals surface area contributed by atoms with E-state index in [4.69, 9.17) is 9.47 Å². The molecule has 1 saturated carbocycles. The van der Waals surface area contributed by atoms with Crippen molar-refractivity contribution in [1.29, 1.82) is 0 Å². The molecule has 1 aromatic carbocycles. The van der Waals surface area contributed by atoms with E-state index in [1.807, 2.05) is 13.8 Å². The third-order valence-electron chi connectivity index (χ3n) is 6.57. The molecular formula is C30H39N5O6S2. The van der Waals surface area contributed by atoms with Crippen LogP contribution in [0.25, 0.3) is 10.4 Å². The highest BCUT2D eigenvalue weighted by molar-refractivity contribution is 7.89. The smallest absolute Gasteiger partial charge is 0.412 e. The summed E-state index contributed by atoms with van der Waals surface area (Å²) in [5.74, 6) is 0.209. The Labute approximate surface area is 256 Å². The van der Waals surface area contributed by atoms with Gasteiger partial charge in [0.1, 0.15) is 6.61 Å². The Morgan fingerprint density at radius 1 is 1.05 bits per heavy atom. The first-order valence-corrected chi connectivity index (χ1v) is 16.5. The van der Waals surface area contributed by atoms with Gasteiger partial charge < -0.3 is 14.8 Å². The van der Waals surface area contributed by atoms with E-state index >= 15 is 0 Å². The Morgan fingerprint density at radius 3 is 2.44 bits per heavy atom. The number of hydrogen-bond donors (Lipinski definition) is 3. The fourth-order valence-electron chi connectivity index (χ4n) is 4.76. The summed E-state index contributed by atoms with van der Waals surface area (Å²) in [6.07, 6.45) is 5.31. The molecule has 0 radical (unpaired) electrons. The van der Waals surface area contributed by atoms with Crippen LogP contribution in [0.1, 0.15) is 76.9 Å². The van der Waals surface area contributed by atoms with E-state index in [9.17, 15) is 18.0 Å². The average Bonchev–Trinajstić information content (AvgIpc) is 3.41. The number of pyridine rings is 1. The molecule has 0 aliphatic heterocycles. The van der Waals surface area contributed by atoms with Crippen molar-refractivity contribution in [3.05, 3.63) is 59.5 Å². The van der Waals surface area contributed by atoms with Crippen LogP contribution in [0.15, 0.2) is 53.7 Å². The Kier molecular flexibility index (Phi) is 10.4. The van der Waals surface area contributed by atoms with Gasteiger partial charge in [0.2, 0.25) is 10.0 Å². The van der Waals surface area contributed by atoms with Gasteiger partial charge in [-0.15, -0.1) is 11.3 Å². The first kappa shape index (κ1) is 32.4. The second-order valence-corrected chi connectivity index (χ2v) is 14.5. The molecule has 0 bridgehead atoms. The molecule has 1 fully saturated rings. The number of rotatable bonds is 9. The molecule has 0 atom stereocenters. The minimum atomic E-state index is -3.98. The van der Waals surface area contributed by atoms with Crippen molar-refractivity contribution >= 4 is 39.2 Å². The van der Waals surface area contributed by atoms with Crippen LogP contribution in [-0.2, 0) is 26.1 Å². The van der Waals surface area contributed by atoms with Gasteiger partial charge in [0.25, 0.3) is 0 Å². The summed E-state index contributed by atoms with van der Waals surface area (Å²) >= 11 is 1.46. The fourth-order valence-corrected chi connectivity index (χ4v) is 7.62. The van der Waals surface area contributed by atoms with Crippen LogP contribution in [0.3, 0.4) is 0 Å². The summed E-state index contributed by atoms with van der Waals surface area (Å²) in [5.41, 5.74) is 0.620. The third-order valence-corrected chi connectivity index (χ3v) is 9.56. The van der Waals surface area contributed by atoms with Crippen molar-refractivity contribution in [3.63, 3.8) is 0 Å². The first-order valence-electron chi connectivity index (χ1n) is 14.2. The first-order chi connectivity index (χ1) is 20.3. The second-order valence-electron chi connectivity index (χ2n) is 11.8. The van der Waals surface area contributed by atoms with Crippen molar-refractivity contribution in [2.75, 3.05) is 5.32 Å². The highest BCUT2D eigenvalue weighted by Gasteiger charge is 2.29. The summed E-state index contributed by atoms with van der Waals surface area (Å²) < 4.78 is 40.3. The predicted molar refractivity (Wildman–Crippen MR) is 165 cm³/mol. The highest BCUT2D eigenvalue weighted by Crippen LogP contribution is 2.40. The molecule has 0 unspecified atom stereocenters. The Hall–Kier alpha value is -3.55. The van der Waals surface area contributed by atoms with Crippen LogP contribution in [0.2, 0.25) is 0 Å². The number of hydrogen-bond acceptors (Lipinski definition) is 9. The van der Waals surface area contributed by atoms with Crippen LogP contribution in [-0.4, -0.2) is 48.3 Å². The van der Waals surface area contributed by atoms with Gasteiger partial charge in [0, 0.05) is 41.1 Å². The lowest BCUT2D eigenvalue weighted by molar-refractivity contribution is 0.109. The molecule has 4 rings (SSSR count). The number of sulfonamides is 1. The van der Waals surface area contributed by atoms with Crippen LogP contribution in [0.4, 0.5) is 15.3 Å². The minimum Gasteiger partial charge on any atom is -0.447 e. The third kappa shape index (κ3) is 9.47. The number of alkyl carbamates (subject to hydrolysis) is 1. The van der Waals surface area contributed by atoms with Crippen molar-refractivity contribution in [2.24, 2.45) is 0 Å². The van der Waals surface area contributed by atoms with Gasteiger partial charge in [-0.25, -0.2) is 27.7 Å². The van der Waals surface area contributed by atoms with Crippen molar-refractivity contribution in [1.82, 2.24) is 20.0 Å². The quantitative estimate of drug-likeness (QED) is 0.254. The van der Waals surface area contributed by atoms with Crippen LogP contribution in [0.5, 0.6) is 0 Å². The van der Waals surface area contributed by atoms with E-state index in [0.717, 1.165) is 30.7 Å². The zero-order valence-electron chi connectivity index (χ0n) is 25.0. The standard InChI is InChI=1S/C30H39N5O6S2/c1-19(2)41-29(37)33-21-11-9-20(10-12-21)27-32-17-25(42-27)24-14-13-22(16-26(24)43(38,39)35-30(3,4)5)34-28(36)40-18-23-8-6-7-15-31-23/h6-8,13-17,19-21,35H,9-12,18H2,1-5H3,(H,33,37)(H,34,36). The topological polar surface area (TPSA) is 149 Å². The molecule has 11 nitrogen and oxygen atoms in total. The molecule has 3 N–H and O–H groups in total. The number of benzene rings is 1. The molecule has 43 heavy (non-hydrogen) atoms. The van der Waals surface area contributed by atoms with Crippen molar-refractivity contribution in [2.45, 2.75) is 95.4 Å². The Balaban J connectivity index is 1.50. The second kappa shape index (κ2) is 13.8. The molecule has 2 aromatic heterocycles. The number of thiazole rings is 1. The zero-order chi connectivity index (χ0) is 31.2. The maximum atomic E-state index is 13.6. The number of anilines is 1. The minimum absolute atomic E-state index is 0.0227. The molecule has 13 heteroatoms. The van der Waals surface area contributed by atoms with Crippen molar-refractivity contribution in [3.8, 4) is 10.4 Å². The van der Waals surface area contributed by atoms with E-state index in [0.29, 0.717) is 16.1 Å². The van der Waals surface area contributed by atoms with Gasteiger partial charge in [-0.3, -0.25) is 10.3 Å². The molecule has 2 amide bonds. The molecular weight excluding hydrogens is 590 g/mol. The lowest BCUT2D eigenvalue weighted by Gasteiger charge is -2.28. The van der Waals surface area contributed by atoms with Gasteiger partial charge in [-0.05, 0) is 84.6 Å². The summed E-state index contributed by atoms with van der Waals surface area (Å²) in [6, 6.07) is 10.1.